The third-order valence-corrected chi connectivity index (χ3v) is 5.21. The first-order chi connectivity index (χ1) is 14.0. The van der Waals surface area contributed by atoms with E-state index in [2.05, 4.69) is 16.0 Å². The average molecular weight is 432 g/mol. The van der Waals surface area contributed by atoms with Crippen LogP contribution in [0.3, 0.4) is 0 Å². The summed E-state index contributed by atoms with van der Waals surface area (Å²) in [7, 11) is 1.59. The Bertz CT molecular complexity index is 1020. The molecule has 3 N–H and O–H groups in total. The molecule has 150 valence electrons. The highest BCUT2D eigenvalue weighted by Gasteiger charge is 2.32. The molecule has 2 heterocycles. The highest BCUT2D eigenvalue weighted by atomic mass is 35.5. The SMILES string of the molecule is COc1ccc(NC(=O)C2=C(C)NC(=S)NC2c2cc3c(cc2Cl)OCO3)cc1. The minimum absolute atomic E-state index is 0.132. The lowest BCUT2D eigenvalue weighted by atomic mass is 9.94. The number of ether oxygens (including phenoxy) is 3. The Balaban J connectivity index is 1.68. The molecule has 1 amide bonds. The molecule has 1 unspecified atom stereocenters. The molecule has 0 aromatic heterocycles. The Morgan fingerprint density at radius 2 is 1.93 bits per heavy atom. The van der Waals surface area contributed by atoms with Gasteiger partial charge in [-0.2, -0.15) is 0 Å². The van der Waals surface area contributed by atoms with Crippen LogP contribution in [0.5, 0.6) is 17.2 Å². The summed E-state index contributed by atoms with van der Waals surface area (Å²) in [6, 6.07) is 9.98. The van der Waals surface area contributed by atoms with Gasteiger partial charge in [-0.1, -0.05) is 11.6 Å². The van der Waals surface area contributed by atoms with Gasteiger partial charge >= 0.3 is 0 Å². The Kier molecular flexibility index (Phi) is 5.21. The predicted octanol–water partition coefficient (Wildman–Crippen LogP) is 3.51. The van der Waals surface area contributed by atoms with Gasteiger partial charge in [0.15, 0.2) is 16.6 Å². The van der Waals surface area contributed by atoms with Crippen molar-refractivity contribution in [3.05, 3.63) is 58.3 Å². The number of carbonyl (C=O) groups is 1. The fourth-order valence-electron chi connectivity index (χ4n) is 3.26. The third-order valence-electron chi connectivity index (χ3n) is 4.66. The van der Waals surface area contributed by atoms with Crippen LogP contribution < -0.4 is 30.2 Å². The van der Waals surface area contributed by atoms with Crippen molar-refractivity contribution in [2.24, 2.45) is 0 Å². The molecular weight excluding hydrogens is 414 g/mol. The molecule has 2 aliphatic heterocycles. The lowest BCUT2D eigenvalue weighted by Gasteiger charge is -2.31. The van der Waals surface area contributed by atoms with Crippen LogP contribution in [0.15, 0.2) is 47.7 Å². The zero-order chi connectivity index (χ0) is 20.5. The highest BCUT2D eigenvalue weighted by Crippen LogP contribution is 2.41. The van der Waals surface area contributed by atoms with E-state index in [0.29, 0.717) is 49.9 Å². The lowest BCUT2D eigenvalue weighted by molar-refractivity contribution is -0.113. The van der Waals surface area contributed by atoms with E-state index in [9.17, 15) is 4.79 Å². The smallest absolute Gasteiger partial charge is 0.255 e. The van der Waals surface area contributed by atoms with Gasteiger partial charge in [0.1, 0.15) is 5.75 Å². The van der Waals surface area contributed by atoms with Crippen molar-refractivity contribution in [3.8, 4) is 17.2 Å². The first-order valence-corrected chi connectivity index (χ1v) is 9.57. The summed E-state index contributed by atoms with van der Waals surface area (Å²) in [6.45, 7) is 1.93. The molecule has 0 fully saturated rings. The largest absolute Gasteiger partial charge is 0.497 e. The van der Waals surface area contributed by atoms with Crippen molar-refractivity contribution in [1.82, 2.24) is 10.6 Å². The number of methoxy groups -OCH3 is 1. The fourth-order valence-corrected chi connectivity index (χ4v) is 3.79. The second-order valence-electron chi connectivity index (χ2n) is 6.48. The first-order valence-electron chi connectivity index (χ1n) is 8.79. The van der Waals surface area contributed by atoms with Crippen LogP contribution >= 0.6 is 23.8 Å². The number of hydrogen-bond donors (Lipinski definition) is 3. The predicted molar refractivity (Wildman–Crippen MR) is 114 cm³/mol. The van der Waals surface area contributed by atoms with Crippen LogP contribution in [0.1, 0.15) is 18.5 Å². The molecule has 0 aliphatic carbocycles. The minimum atomic E-state index is -0.552. The standard InChI is InChI=1S/C20H18ClN3O4S/c1-10-17(19(25)23-11-3-5-12(26-2)6-4-11)18(24-20(29)22-10)13-7-15-16(8-14(13)21)28-9-27-15/h3-8,18H,9H2,1-2H3,(H,23,25)(H2,22,24,29). The van der Waals surface area contributed by atoms with Gasteiger partial charge in [0.2, 0.25) is 6.79 Å². The zero-order valence-electron chi connectivity index (χ0n) is 15.7. The third kappa shape index (κ3) is 3.81. The summed E-state index contributed by atoms with van der Waals surface area (Å²) in [5.41, 5.74) is 2.41. The molecule has 0 radical (unpaired) electrons. The van der Waals surface area contributed by atoms with Crippen LogP contribution in [0.2, 0.25) is 5.02 Å². The van der Waals surface area contributed by atoms with Gasteiger partial charge < -0.3 is 30.2 Å². The van der Waals surface area contributed by atoms with Crippen molar-refractivity contribution in [2.75, 3.05) is 19.2 Å². The normalized spacial score (nSPS) is 17.5. The van der Waals surface area contributed by atoms with Crippen LogP contribution in [-0.4, -0.2) is 24.9 Å². The van der Waals surface area contributed by atoms with Gasteiger partial charge in [0, 0.05) is 23.0 Å². The molecule has 0 saturated carbocycles. The summed E-state index contributed by atoms with van der Waals surface area (Å²) >= 11 is 11.8. The molecule has 7 nitrogen and oxygen atoms in total. The number of carbonyl (C=O) groups excluding carboxylic acids is 1. The number of rotatable bonds is 4. The average Bonchev–Trinajstić information content (AvgIpc) is 3.14. The summed E-state index contributed by atoms with van der Waals surface area (Å²) in [5.74, 6) is 1.56. The topological polar surface area (TPSA) is 80.9 Å². The van der Waals surface area contributed by atoms with E-state index in [-0.39, 0.29) is 12.7 Å². The van der Waals surface area contributed by atoms with Crippen molar-refractivity contribution >= 4 is 40.5 Å². The Labute approximate surface area is 178 Å². The molecule has 9 heteroatoms. The van der Waals surface area contributed by atoms with Gasteiger partial charge in [-0.05, 0) is 49.5 Å². The number of amides is 1. The zero-order valence-corrected chi connectivity index (χ0v) is 17.2. The van der Waals surface area contributed by atoms with E-state index < -0.39 is 6.04 Å². The molecule has 1 atom stereocenters. The summed E-state index contributed by atoms with van der Waals surface area (Å²) < 4.78 is 16.0. The number of thiocarbonyl (C=S) groups is 1. The summed E-state index contributed by atoms with van der Waals surface area (Å²) in [5, 5.41) is 9.89. The highest BCUT2D eigenvalue weighted by molar-refractivity contribution is 7.80. The molecule has 4 rings (SSSR count). The Hall–Kier alpha value is -2.97. The quantitative estimate of drug-likeness (QED) is 0.639. The van der Waals surface area contributed by atoms with Crippen LogP contribution in [-0.2, 0) is 4.79 Å². The van der Waals surface area contributed by atoms with Crippen molar-refractivity contribution in [3.63, 3.8) is 0 Å². The van der Waals surface area contributed by atoms with Gasteiger partial charge in [-0.15, -0.1) is 0 Å². The molecule has 2 aliphatic rings. The first kappa shape index (κ1) is 19.4. The molecule has 0 spiro atoms. The van der Waals surface area contributed by atoms with Crippen molar-refractivity contribution in [2.45, 2.75) is 13.0 Å². The van der Waals surface area contributed by atoms with Gasteiger partial charge in [-0.3, -0.25) is 4.79 Å². The molecule has 0 bridgehead atoms. The van der Waals surface area contributed by atoms with Crippen LogP contribution in [0.4, 0.5) is 5.69 Å². The van der Waals surface area contributed by atoms with E-state index in [1.165, 1.54) is 0 Å². The second-order valence-corrected chi connectivity index (χ2v) is 7.30. The summed E-state index contributed by atoms with van der Waals surface area (Å²) in [6.07, 6.45) is 0. The second kappa shape index (κ2) is 7.81. The van der Waals surface area contributed by atoms with Crippen LogP contribution in [0.25, 0.3) is 0 Å². The van der Waals surface area contributed by atoms with Gasteiger partial charge in [-0.25, -0.2) is 0 Å². The molecule has 2 aromatic carbocycles. The van der Waals surface area contributed by atoms with E-state index in [4.69, 9.17) is 38.0 Å². The summed E-state index contributed by atoms with van der Waals surface area (Å²) in [4.78, 5) is 13.1. The molecular formula is C20H18ClN3O4S. The van der Waals surface area contributed by atoms with E-state index >= 15 is 0 Å². The van der Waals surface area contributed by atoms with Crippen molar-refractivity contribution < 1.29 is 19.0 Å². The monoisotopic (exact) mass is 431 g/mol. The fraction of sp³-hybridized carbons (Fsp3) is 0.200. The maximum Gasteiger partial charge on any atom is 0.255 e. The van der Waals surface area contributed by atoms with Crippen LogP contribution in [0, 0.1) is 0 Å². The van der Waals surface area contributed by atoms with E-state index in [1.807, 2.05) is 0 Å². The lowest BCUT2D eigenvalue weighted by Crippen LogP contribution is -2.45. The van der Waals surface area contributed by atoms with Crippen molar-refractivity contribution in [1.29, 1.82) is 0 Å². The number of benzene rings is 2. The van der Waals surface area contributed by atoms with Gasteiger partial charge in [0.05, 0.1) is 23.7 Å². The van der Waals surface area contributed by atoms with E-state index in [1.54, 1.807) is 50.4 Å². The maximum atomic E-state index is 13.1. The minimum Gasteiger partial charge on any atom is -0.497 e. The number of halogens is 1. The molecule has 0 saturated heterocycles. The maximum absolute atomic E-state index is 13.1. The Morgan fingerprint density at radius 3 is 2.62 bits per heavy atom. The number of hydrogen-bond acceptors (Lipinski definition) is 5. The molecule has 2 aromatic rings. The Morgan fingerprint density at radius 1 is 1.24 bits per heavy atom. The number of nitrogens with one attached hydrogen (secondary N) is 3. The van der Waals surface area contributed by atoms with E-state index in [0.717, 1.165) is 0 Å². The number of fused-ring (bicyclic) bond motifs is 1. The molecule has 29 heavy (non-hydrogen) atoms. The number of allylic oxidation sites excluding steroid dienone is 1. The van der Waals surface area contributed by atoms with Gasteiger partial charge in [0.25, 0.3) is 5.91 Å². The number of anilines is 1.